The number of benzene rings is 3. The summed E-state index contributed by atoms with van der Waals surface area (Å²) in [5, 5.41) is 72.7. The molecular formula is C42H46N4O13. The molecule has 17 heteroatoms. The molecule has 6 atom stereocenters. The molecule has 3 fully saturated rings. The Morgan fingerprint density at radius 2 is 1.78 bits per heavy atom. The summed E-state index contributed by atoms with van der Waals surface area (Å²) in [6.45, 7) is 1.14. The number of hydrogen-bond acceptors (Lipinski definition) is 15. The molecule has 6 unspecified atom stereocenters. The van der Waals surface area contributed by atoms with Crippen molar-refractivity contribution in [3.8, 4) is 40.1 Å². The molecule has 11 N–H and O–H groups in total. The van der Waals surface area contributed by atoms with E-state index >= 15 is 0 Å². The Balaban J connectivity index is 1.16. The number of carbonyl (C=O) groups is 1. The van der Waals surface area contributed by atoms with Crippen LogP contribution < -0.4 is 36.0 Å². The summed E-state index contributed by atoms with van der Waals surface area (Å²) in [6.07, 6.45) is -5.44. The van der Waals surface area contributed by atoms with Crippen molar-refractivity contribution in [2.24, 2.45) is 0 Å². The second kappa shape index (κ2) is 16.1. The highest BCUT2D eigenvalue weighted by molar-refractivity contribution is 5.89. The summed E-state index contributed by atoms with van der Waals surface area (Å²) in [6, 6.07) is 18.9. The maximum atomic E-state index is 13.9. The molecule has 0 radical (unpaired) electrons. The largest absolute Gasteiger partial charge is 0.508 e. The maximum Gasteiger partial charge on any atom is 0.336 e. The highest BCUT2D eigenvalue weighted by atomic mass is 16.7. The third kappa shape index (κ3) is 7.87. The molecule has 0 spiro atoms. The maximum absolute atomic E-state index is 13.9. The number of nitrogens with one attached hydrogen (secondary N) is 3. The van der Waals surface area contributed by atoms with Crippen molar-refractivity contribution >= 4 is 22.8 Å². The number of H-pyrrole nitrogens is 1. The number of aromatic amines is 1. The predicted octanol–water partition coefficient (Wildman–Crippen LogP) is 2.80. The van der Waals surface area contributed by atoms with Gasteiger partial charge in [-0.2, -0.15) is 0 Å². The second-order valence-corrected chi connectivity index (χ2v) is 15.3. The number of aliphatic hydroxyl groups is 3. The van der Waals surface area contributed by atoms with E-state index in [2.05, 4.69) is 15.6 Å². The highest BCUT2D eigenvalue weighted by Crippen LogP contribution is 2.51. The number of aliphatic hydroxyl groups excluding tert-OH is 2. The number of phenols is 2. The van der Waals surface area contributed by atoms with Gasteiger partial charge in [0, 0.05) is 49.1 Å². The first-order valence-corrected chi connectivity index (χ1v) is 19.4. The van der Waals surface area contributed by atoms with Crippen molar-refractivity contribution in [2.45, 2.75) is 80.4 Å². The van der Waals surface area contributed by atoms with Crippen LogP contribution in [0.1, 0.15) is 43.4 Å². The molecule has 8 rings (SSSR count). The minimum atomic E-state index is -2.44. The van der Waals surface area contributed by atoms with Gasteiger partial charge in [0.2, 0.25) is 12.0 Å². The van der Waals surface area contributed by atoms with Gasteiger partial charge in [-0.25, -0.2) is 4.79 Å². The zero-order valence-electron chi connectivity index (χ0n) is 31.8. The molecule has 17 nitrogen and oxygen atoms in total. The zero-order chi connectivity index (χ0) is 41.5. The smallest absolute Gasteiger partial charge is 0.336 e. The third-order valence-electron chi connectivity index (χ3n) is 11.3. The van der Waals surface area contributed by atoms with Crippen LogP contribution in [0.25, 0.3) is 22.3 Å². The molecule has 312 valence electrons. The molecular weight excluding hydrogens is 768 g/mol. The van der Waals surface area contributed by atoms with Crippen molar-refractivity contribution in [3.05, 3.63) is 94.3 Å². The summed E-state index contributed by atoms with van der Waals surface area (Å²) in [5.41, 5.74) is 3.39. The molecule has 3 aromatic carbocycles. The molecule has 2 aromatic heterocycles. The van der Waals surface area contributed by atoms with E-state index in [-0.39, 0.29) is 40.4 Å². The standard InChI is InChI=1S/C42H46N4O13/c43-32-11-8-24(46-32)12-15-55-27-9-6-22(7-10-27)29-17-28(48)33-30(56-29)18-31(36(34(33)49)59-41(13-1-2-14-41)23-4-3-5-26(47)16-23)57-40-35(50)37(51)42(54,38(58-40)39(52)53)19-25-20-44-21-45-25/h3-11,16-18,25,35,37-38,40,44-47,49-51,54H,1-2,12-15,19-21,43H2,(H,52,53). The molecule has 3 aliphatic rings. The van der Waals surface area contributed by atoms with E-state index in [1.54, 1.807) is 42.5 Å². The molecule has 2 saturated heterocycles. The van der Waals surface area contributed by atoms with Gasteiger partial charge in [0.25, 0.3) is 0 Å². The fourth-order valence-electron chi connectivity index (χ4n) is 8.30. The Morgan fingerprint density at radius 1 is 1.00 bits per heavy atom. The predicted molar refractivity (Wildman–Crippen MR) is 211 cm³/mol. The van der Waals surface area contributed by atoms with Crippen LogP contribution in [0.15, 0.2) is 82.0 Å². The average molecular weight is 815 g/mol. The lowest BCUT2D eigenvalue weighted by Gasteiger charge is -2.47. The van der Waals surface area contributed by atoms with Crippen molar-refractivity contribution in [3.63, 3.8) is 0 Å². The number of nitrogen functional groups attached to an aromatic ring is 1. The first-order chi connectivity index (χ1) is 28.3. The number of phenolic OH excluding ortho intramolecular Hbond substituents is 2. The summed E-state index contributed by atoms with van der Waals surface area (Å²) in [5.74, 6) is -1.75. The van der Waals surface area contributed by atoms with E-state index in [0.29, 0.717) is 61.8 Å². The van der Waals surface area contributed by atoms with E-state index in [9.17, 15) is 40.2 Å². The molecule has 5 aromatic rings. The minimum Gasteiger partial charge on any atom is -0.508 e. The number of carboxylic acid groups (broad SMARTS) is 1. The van der Waals surface area contributed by atoms with Crippen molar-refractivity contribution < 1.29 is 58.8 Å². The number of nitrogens with two attached hydrogens (primary N) is 1. The van der Waals surface area contributed by atoms with E-state index < -0.39 is 59.0 Å². The number of anilines is 1. The third-order valence-corrected chi connectivity index (χ3v) is 11.3. The summed E-state index contributed by atoms with van der Waals surface area (Å²) < 4.78 is 30.6. The van der Waals surface area contributed by atoms with Crippen LogP contribution in [0.5, 0.6) is 28.7 Å². The summed E-state index contributed by atoms with van der Waals surface area (Å²) in [4.78, 5) is 29.5. The summed E-state index contributed by atoms with van der Waals surface area (Å²) in [7, 11) is 0. The van der Waals surface area contributed by atoms with Gasteiger partial charge in [0.15, 0.2) is 23.0 Å². The zero-order valence-corrected chi connectivity index (χ0v) is 31.8. The van der Waals surface area contributed by atoms with Crippen molar-refractivity contribution in [2.75, 3.05) is 25.6 Å². The minimum absolute atomic E-state index is 0.0185. The highest BCUT2D eigenvalue weighted by Gasteiger charge is 2.59. The Bertz CT molecular complexity index is 2370. The Morgan fingerprint density at radius 3 is 2.46 bits per heavy atom. The van der Waals surface area contributed by atoms with Gasteiger partial charge in [-0.1, -0.05) is 12.1 Å². The molecule has 4 heterocycles. The van der Waals surface area contributed by atoms with Crippen molar-refractivity contribution in [1.82, 2.24) is 15.6 Å². The monoisotopic (exact) mass is 814 g/mol. The Hall–Kier alpha value is -5.82. The molecule has 1 saturated carbocycles. The number of carboxylic acids is 1. The first-order valence-electron chi connectivity index (χ1n) is 19.4. The van der Waals surface area contributed by atoms with Crippen LogP contribution in [0, 0.1) is 0 Å². The van der Waals surface area contributed by atoms with E-state index in [0.717, 1.165) is 18.5 Å². The molecule has 1 aliphatic carbocycles. The number of ether oxygens (including phenoxy) is 4. The van der Waals surface area contributed by atoms with Gasteiger partial charge in [0.05, 0.1) is 6.61 Å². The quantitative estimate of drug-likeness (QED) is 0.0819. The van der Waals surface area contributed by atoms with Crippen LogP contribution in [-0.4, -0.2) is 97.7 Å². The van der Waals surface area contributed by atoms with Gasteiger partial charge in [-0.3, -0.25) is 4.79 Å². The normalized spacial score (nSPS) is 25.2. The number of aromatic nitrogens is 1. The number of hydrogen-bond donors (Lipinski definition) is 10. The second-order valence-electron chi connectivity index (χ2n) is 15.3. The topological polar surface area (TPSA) is 271 Å². The Kier molecular flexibility index (Phi) is 10.9. The molecule has 0 bridgehead atoms. The van der Waals surface area contributed by atoms with Crippen LogP contribution in [-0.2, 0) is 21.6 Å². The number of fused-ring (bicyclic) bond motifs is 1. The van der Waals surface area contributed by atoms with Gasteiger partial charge >= 0.3 is 5.97 Å². The fourth-order valence-corrected chi connectivity index (χ4v) is 8.30. The van der Waals surface area contributed by atoms with E-state index in [4.69, 9.17) is 29.1 Å². The Labute approximate surface area is 336 Å². The molecule has 2 aliphatic heterocycles. The van der Waals surface area contributed by atoms with Crippen LogP contribution in [0.2, 0.25) is 0 Å². The lowest BCUT2D eigenvalue weighted by molar-refractivity contribution is -0.307. The van der Waals surface area contributed by atoms with Crippen LogP contribution in [0.3, 0.4) is 0 Å². The number of aliphatic carboxylic acids is 1. The fraction of sp³-hybridized carbons (Fsp3) is 0.381. The molecule has 59 heavy (non-hydrogen) atoms. The lowest BCUT2D eigenvalue weighted by atomic mass is 9.79. The van der Waals surface area contributed by atoms with Gasteiger partial charge < -0.3 is 75.4 Å². The van der Waals surface area contributed by atoms with Gasteiger partial charge in [-0.05, 0) is 86.2 Å². The SMILES string of the molecule is Nc1ccc(CCOc2ccc(-c3cc(=O)c4c(O)c(OC5(c6cccc(O)c6)CCCC5)c(OC5OC(C(=O)O)C(O)(CC6CNCN6)C(O)C5O)cc4o3)cc2)[nH]1. The van der Waals surface area contributed by atoms with E-state index in [1.165, 1.54) is 24.3 Å². The number of aromatic hydroxyl groups is 2. The van der Waals surface area contributed by atoms with Gasteiger partial charge in [0.1, 0.15) is 57.5 Å². The molecule has 0 amide bonds. The van der Waals surface area contributed by atoms with Crippen molar-refractivity contribution in [1.29, 1.82) is 0 Å². The number of rotatable bonds is 13. The van der Waals surface area contributed by atoms with Crippen LogP contribution in [0.4, 0.5) is 5.82 Å². The lowest BCUT2D eigenvalue weighted by Crippen LogP contribution is -2.70. The van der Waals surface area contributed by atoms with E-state index in [1.807, 2.05) is 6.07 Å². The van der Waals surface area contributed by atoms with Crippen LogP contribution >= 0.6 is 0 Å². The summed E-state index contributed by atoms with van der Waals surface area (Å²) >= 11 is 0. The average Bonchev–Trinajstić information content (AvgIpc) is 4.00. The van der Waals surface area contributed by atoms with Gasteiger partial charge in [-0.15, -0.1) is 0 Å². The first kappa shape index (κ1) is 40.0.